The number of benzene rings is 2. The molecule has 1 aliphatic rings. The Morgan fingerprint density at radius 1 is 1.15 bits per heavy atom. The van der Waals surface area contributed by atoms with E-state index in [1.165, 1.54) is 11.6 Å². The highest BCUT2D eigenvalue weighted by molar-refractivity contribution is 5.90. The summed E-state index contributed by atoms with van der Waals surface area (Å²) in [5.74, 6) is -0.541. The summed E-state index contributed by atoms with van der Waals surface area (Å²) in [4.78, 5) is 11.0. The first kappa shape index (κ1) is 20.0. The van der Waals surface area contributed by atoms with Crippen molar-refractivity contribution in [1.29, 1.82) is 0 Å². The minimum atomic E-state index is -0.541. The summed E-state index contributed by atoms with van der Waals surface area (Å²) in [6.07, 6.45) is 4.99. The van der Waals surface area contributed by atoms with Gasteiger partial charge in [0.05, 0.1) is 5.54 Å². The number of nitrogens with one attached hydrogen (secondary N) is 3. The van der Waals surface area contributed by atoms with Crippen molar-refractivity contribution < 1.29 is 10.0 Å². The van der Waals surface area contributed by atoms with Gasteiger partial charge in [0.2, 0.25) is 0 Å². The molecule has 1 amide bonds. The van der Waals surface area contributed by atoms with Gasteiger partial charge in [-0.3, -0.25) is 10.0 Å². The molecule has 0 radical (unpaired) electrons. The summed E-state index contributed by atoms with van der Waals surface area (Å²) >= 11 is 0. The lowest BCUT2D eigenvalue weighted by Crippen LogP contribution is -2.42. The first-order valence-corrected chi connectivity index (χ1v) is 8.44. The van der Waals surface area contributed by atoms with Crippen LogP contribution in [0.2, 0.25) is 0 Å². The van der Waals surface area contributed by atoms with Crippen molar-refractivity contribution in [3.63, 3.8) is 0 Å². The predicted molar refractivity (Wildman–Crippen MR) is 107 cm³/mol. The van der Waals surface area contributed by atoms with Crippen LogP contribution in [0.1, 0.15) is 17.5 Å². The fourth-order valence-corrected chi connectivity index (χ4v) is 3.23. The van der Waals surface area contributed by atoms with E-state index in [1.54, 1.807) is 11.6 Å². The van der Waals surface area contributed by atoms with E-state index in [0.717, 1.165) is 37.2 Å². The fraction of sp³-hybridized carbons (Fsp3) is 0.250. The third-order valence-electron chi connectivity index (χ3n) is 4.49. The lowest BCUT2D eigenvalue weighted by Gasteiger charge is -2.31. The summed E-state index contributed by atoms with van der Waals surface area (Å²) in [5.41, 5.74) is 4.87. The van der Waals surface area contributed by atoms with E-state index < -0.39 is 5.91 Å². The van der Waals surface area contributed by atoms with Gasteiger partial charge < -0.3 is 10.6 Å². The first-order valence-electron chi connectivity index (χ1n) is 8.44. The number of carbonyl (C=O) groups excluding carboxylic acids is 1. The predicted octanol–water partition coefficient (Wildman–Crippen LogP) is 3.01. The van der Waals surface area contributed by atoms with Crippen molar-refractivity contribution in [1.82, 2.24) is 10.8 Å². The Kier molecular flexibility index (Phi) is 7.21. The number of amides is 1. The Bertz CT molecular complexity index is 726. The van der Waals surface area contributed by atoms with Crippen LogP contribution in [-0.4, -0.2) is 29.7 Å². The number of anilines is 1. The zero-order chi connectivity index (χ0) is 17.5. The molecule has 1 fully saturated rings. The molecule has 0 bridgehead atoms. The smallest absolute Gasteiger partial charge is 0.267 e. The molecule has 4 N–H and O–H groups in total. The monoisotopic (exact) mass is 373 g/mol. The van der Waals surface area contributed by atoms with Crippen molar-refractivity contribution in [2.24, 2.45) is 0 Å². The van der Waals surface area contributed by atoms with Crippen LogP contribution < -0.4 is 16.1 Å². The van der Waals surface area contributed by atoms with Crippen molar-refractivity contribution >= 4 is 30.1 Å². The molecule has 138 valence electrons. The van der Waals surface area contributed by atoms with Gasteiger partial charge in [-0.2, -0.15) is 0 Å². The van der Waals surface area contributed by atoms with Crippen LogP contribution >= 0.6 is 12.4 Å². The van der Waals surface area contributed by atoms with Gasteiger partial charge >= 0.3 is 0 Å². The molecule has 1 saturated heterocycles. The lowest BCUT2D eigenvalue weighted by molar-refractivity contribution is -0.124. The van der Waals surface area contributed by atoms with E-state index in [4.69, 9.17) is 5.21 Å². The molecule has 3 rings (SSSR count). The molecular formula is C20H24ClN3O2. The maximum Gasteiger partial charge on any atom is 0.267 e. The standard InChI is InChI=1S/C20H23N3O2.ClH/c24-19(23-25)11-8-16-6-9-18(10-7-16)22-20(12-13-21-15-20)14-17-4-2-1-3-5-17;/h1-11,21-22,25H,12-15H2,(H,23,24);1H/b11-8+;/t20-;/m0./s1. The SMILES string of the molecule is Cl.O=C(/C=C/c1ccc(N[C@]2(Cc3ccccc3)CCNC2)cc1)NO. The van der Waals surface area contributed by atoms with Crippen molar-refractivity contribution in [3.05, 3.63) is 71.8 Å². The summed E-state index contributed by atoms with van der Waals surface area (Å²) in [6.45, 7) is 1.94. The molecule has 0 unspecified atom stereocenters. The number of hydroxylamine groups is 1. The molecule has 6 heteroatoms. The second-order valence-electron chi connectivity index (χ2n) is 6.43. The molecule has 1 heterocycles. The summed E-state index contributed by atoms with van der Waals surface area (Å²) < 4.78 is 0. The molecule has 0 aromatic heterocycles. The Balaban J connectivity index is 0.00000243. The molecule has 0 aliphatic carbocycles. The fourth-order valence-electron chi connectivity index (χ4n) is 3.23. The number of halogens is 1. The molecule has 1 atom stereocenters. The zero-order valence-corrected chi connectivity index (χ0v) is 15.3. The van der Waals surface area contributed by atoms with Gasteiger partial charge in [0.25, 0.3) is 5.91 Å². The Labute approximate surface area is 159 Å². The van der Waals surface area contributed by atoms with E-state index >= 15 is 0 Å². The minimum Gasteiger partial charge on any atom is -0.378 e. The van der Waals surface area contributed by atoms with Crippen LogP contribution in [-0.2, 0) is 11.2 Å². The average molecular weight is 374 g/mol. The van der Waals surface area contributed by atoms with Gasteiger partial charge in [0.1, 0.15) is 0 Å². The molecule has 26 heavy (non-hydrogen) atoms. The number of hydrogen-bond acceptors (Lipinski definition) is 4. The summed E-state index contributed by atoms with van der Waals surface area (Å²) in [5, 5.41) is 15.7. The average Bonchev–Trinajstić information content (AvgIpc) is 3.09. The first-order chi connectivity index (χ1) is 12.2. The number of hydrogen-bond donors (Lipinski definition) is 4. The summed E-state index contributed by atoms with van der Waals surface area (Å²) in [7, 11) is 0. The van der Waals surface area contributed by atoms with Gasteiger partial charge in [-0.15, -0.1) is 12.4 Å². The largest absolute Gasteiger partial charge is 0.378 e. The maximum atomic E-state index is 11.0. The Morgan fingerprint density at radius 2 is 1.88 bits per heavy atom. The molecule has 2 aromatic carbocycles. The lowest BCUT2D eigenvalue weighted by atomic mass is 9.89. The second-order valence-corrected chi connectivity index (χ2v) is 6.43. The van der Waals surface area contributed by atoms with Gasteiger partial charge in [0.15, 0.2) is 0 Å². The normalized spacial score (nSPS) is 19.1. The molecule has 5 nitrogen and oxygen atoms in total. The van der Waals surface area contributed by atoms with Crippen molar-refractivity contribution in [2.45, 2.75) is 18.4 Å². The van der Waals surface area contributed by atoms with E-state index in [1.807, 2.05) is 30.3 Å². The van der Waals surface area contributed by atoms with Crippen molar-refractivity contribution in [3.8, 4) is 0 Å². The highest BCUT2D eigenvalue weighted by Gasteiger charge is 2.33. The van der Waals surface area contributed by atoms with Crippen LogP contribution in [0, 0.1) is 0 Å². The molecular weight excluding hydrogens is 350 g/mol. The highest BCUT2D eigenvalue weighted by Crippen LogP contribution is 2.26. The van der Waals surface area contributed by atoms with E-state index in [-0.39, 0.29) is 17.9 Å². The van der Waals surface area contributed by atoms with Gasteiger partial charge in [-0.25, -0.2) is 5.48 Å². The highest BCUT2D eigenvalue weighted by atomic mass is 35.5. The van der Waals surface area contributed by atoms with E-state index in [2.05, 4.69) is 34.9 Å². The van der Waals surface area contributed by atoms with Crippen LogP contribution in [0.5, 0.6) is 0 Å². The Morgan fingerprint density at radius 3 is 2.50 bits per heavy atom. The Hall–Kier alpha value is -2.34. The van der Waals surface area contributed by atoms with Crippen LogP contribution in [0.4, 0.5) is 5.69 Å². The third-order valence-corrected chi connectivity index (χ3v) is 4.49. The summed E-state index contributed by atoms with van der Waals surface area (Å²) in [6, 6.07) is 18.5. The maximum absolute atomic E-state index is 11.0. The van der Waals surface area contributed by atoms with Crippen LogP contribution in [0.25, 0.3) is 6.08 Å². The van der Waals surface area contributed by atoms with Crippen LogP contribution in [0.15, 0.2) is 60.7 Å². The van der Waals surface area contributed by atoms with Crippen molar-refractivity contribution in [2.75, 3.05) is 18.4 Å². The van der Waals surface area contributed by atoms with E-state index in [0.29, 0.717) is 0 Å². The molecule has 0 spiro atoms. The number of carbonyl (C=O) groups is 1. The zero-order valence-electron chi connectivity index (χ0n) is 14.4. The van der Waals surface area contributed by atoms with E-state index in [9.17, 15) is 4.79 Å². The number of rotatable bonds is 6. The minimum absolute atomic E-state index is 0. The quantitative estimate of drug-likeness (QED) is 0.357. The molecule has 1 aliphatic heterocycles. The van der Waals surface area contributed by atoms with Gasteiger partial charge in [0, 0.05) is 18.3 Å². The third kappa shape index (κ3) is 5.33. The second kappa shape index (κ2) is 9.38. The van der Waals surface area contributed by atoms with Gasteiger partial charge in [-0.1, -0.05) is 42.5 Å². The van der Waals surface area contributed by atoms with Gasteiger partial charge in [-0.05, 0) is 48.7 Å². The molecule has 2 aromatic rings. The molecule has 0 saturated carbocycles. The topological polar surface area (TPSA) is 73.4 Å². The van der Waals surface area contributed by atoms with Crippen LogP contribution in [0.3, 0.4) is 0 Å².